The number of nitrogens with zero attached hydrogens (tertiary/aromatic N) is 3. The van der Waals surface area contributed by atoms with Crippen LogP contribution in [-0.4, -0.2) is 46.2 Å². The van der Waals surface area contributed by atoms with E-state index in [1.165, 1.54) is 0 Å². The number of benzene rings is 1. The highest BCUT2D eigenvalue weighted by atomic mass is 16.5. The number of ether oxygens (including phenoxy) is 1. The summed E-state index contributed by atoms with van der Waals surface area (Å²) in [7, 11) is 0. The Morgan fingerprint density at radius 2 is 1.92 bits per heavy atom. The van der Waals surface area contributed by atoms with Crippen LogP contribution in [0.15, 0.2) is 28.8 Å². The predicted octanol–water partition coefficient (Wildman–Crippen LogP) is 2.24. The Morgan fingerprint density at radius 3 is 2.50 bits per heavy atom. The molecule has 1 aliphatic heterocycles. The van der Waals surface area contributed by atoms with Crippen LogP contribution in [0, 0.1) is 6.92 Å². The van der Waals surface area contributed by atoms with E-state index in [1.807, 2.05) is 43.0 Å². The zero-order valence-electron chi connectivity index (χ0n) is 14.2. The number of amides is 1. The molecule has 7 heteroatoms. The third-order valence-electron chi connectivity index (χ3n) is 3.85. The molecule has 128 valence electrons. The maximum absolute atomic E-state index is 12.6. The minimum atomic E-state index is 0.0380. The monoisotopic (exact) mass is 330 g/mol. The number of carbonyl (C=O) groups excluding carboxylic acids is 1. The van der Waals surface area contributed by atoms with Gasteiger partial charge in [-0.05, 0) is 45.0 Å². The van der Waals surface area contributed by atoms with E-state index in [2.05, 4.69) is 15.5 Å². The number of morpholine rings is 1. The molecule has 1 amide bonds. The van der Waals surface area contributed by atoms with Gasteiger partial charge in [0.15, 0.2) is 5.82 Å². The molecule has 2 unspecified atom stereocenters. The van der Waals surface area contributed by atoms with Crippen LogP contribution in [-0.2, 0) is 11.3 Å². The largest absolute Gasteiger partial charge is 0.376 e. The number of carbonyl (C=O) groups is 1. The van der Waals surface area contributed by atoms with Crippen LogP contribution in [0.2, 0.25) is 0 Å². The normalized spacial score (nSPS) is 20.9. The molecule has 0 bridgehead atoms. The molecule has 2 heterocycles. The Hall–Kier alpha value is -2.41. The number of aromatic nitrogens is 2. The van der Waals surface area contributed by atoms with Crippen molar-refractivity contribution in [2.75, 3.05) is 18.4 Å². The summed E-state index contributed by atoms with van der Waals surface area (Å²) < 4.78 is 10.7. The molecule has 1 saturated heterocycles. The van der Waals surface area contributed by atoms with E-state index in [-0.39, 0.29) is 18.1 Å². The van der Waals surface area contributed by atoms with Crippen molar-refractivity contribution >= 4 is 11.6 Å². The van der Waals surface area contributed by atoms with Crippen molar-refractivity contribution in [2.24, 2.45) is 0 Å². The van der Waals surface area contributed by atoms with Crippen molar-refractivity contribution in [3.05, 3.63) is 41.5 Å². The SMILES string of the molecule is Cc1noc(CNc2ccc(C(=O)N3CC(C)OC(C)C3)cc2)n1. The van der Waals surface area contributed by atoms with E-state index in [0.717, 1.165) is 5.69 Å². The standard InChI is InChI=1S/C17H22N4O3/c1-11-9-21(10-12(2)23-11)17(22)14-4-6-15(7-5-14)18-8-16-19-13(3)20-24-16/h4-7,11-12,18H,8-10H2,1-3H3. The number of rotatable bonds is 4. The predicted molar refractivity (Wildman–Crippen MR) is 88.7 cm³/mol. The quantitative estimate of drug-likeness (QED) is 0.926. The Balaban J connectivity index is 1.60. The Bertz CT molecular complexity index is 688. The second kappa shape index (κ2) is 7.00. The van der Waals surface area contributed by atoms with E-state index in [1.54, 1.807) is 6.92 Å². The molecule has 0 aliphatic carbocycles. The summed E-state index contributed by atoms with van der Waals surface area (Å²) >= 11 is 0. The van der Waals surface area contributed by atoms with E-state index in [9.17, 15) is 4.79 Å². The van der Waals surface area contributed by atoms with E-state index in [0.29, 0.717) is 36.9 Å². The lowest BCUT2D eigenvalue weighted by molar-refractivity contribution is -0.0586. The smallest absolute Gasteiger partial charge is 0.254 e. The summed E-state index contributed by atoms with van der Waals surface area (Å²) in [5, 5.41) is 6.94. The van der Waals surface area contributed by atoms with Gasteiger partial charge in [0, 0.05) is 24.3 Å². The van der Waals surface area contributed by atoms with Crippen LogP contribution in [0.5, 0.6) is 0 Å². The summed E-state index contributed by atoms with van der Waals surface area (Å²) in [6, 6.07) is 7.41. The van der Waals surface area contributed by atoms with E-state index < -0.39 is 0 Å². The molecular weight excluding hydrogens is 308 g/mol. The first-order chi connectivity index (χ1) is 11.5. The molecule has 2 aromatic rings. The molecule has 24 heavy (non-hydrogen) atoms. The van der Waals surface area contributed by atoms with Gasteiger partial charge in [-0.25, -0.2) is 0 Å². The Kier molecular flexibility index (Phi) is 4.80. The highest BCUT2D eigenvalue weighted by Gasteiger charge is 2.26. The molecule has 0 saturated carbocycles. The van der Waals surface area contributed by atoms with Crippen molar-refractivity contribution in [2.45, 2.75) is 39.5 Å². The van der Waals surface area contributed by atoms with Crippen LogP contribution < -0.4 is 5.32 Å². The molecule has 1 aliphatic rings. The number of hydrogen-bond donors (Lipinski definition) is 1. The third-order valence-corrected chi connectivity index (χ3v) is 3.85. The summed E-state index contributed by atoms with van der Waals surface area (Å²) in [4.78, 5) is 18.6. The second-order valence-corrected chi connectivity index (χ2v) is 6.13. The van der Waals surface area contributed by atoms with Crippen molar-refractivity contribution in [3.63, 3.8) is 0 Å². The van der Waals surface area contributed by atoms with E-state index >= 15 is 0 Å². The number of nitrogens with one attached hydrogen (secondary N) is 1. The van der Waals surface area contributed by atoms with Gasteiger partial charge in [0.1, 0.15) is 0 Å². The molecule has 0 spiro atoms. The summed E-state index contributed by atoms with van der Waals surface area (Å²) in [6.45, 7) is 7.46. The van der Waals surface area contributed by atoms with Gasteiger partial charge in [-0.15, -0.1) is 0 Å². The Labute approximate surface area is 141 Å². The zero-order chi connectivity index (χ0) is 17.1. The average molecular weight is 330 g/mol. The topological polar surface area (TPSA) is 80.5 Å². The van der Waals surface area contributed by atoms with Crippen molar-refractivity contribution < 1.29 is 14.1 Å². The molecule has 7 nitrogen and oxygen atoms in total. The molecule has 1 N–H and O–H groups in total. The Morgan fingerprint density at radius 1 is 1.25 bits per heavy atom. The molecule has 3 rings (SSSR count). The highest BCUT2D eigenvalue weighted by Crippen LogP contribution is 2.16. The second-order valence-electron chi connectivity index (χ2n) is 6.13. The van der Waals surface area contributed by atoms with Gasteiger partial charge < -0.3 is 19.5 Å². The molecule has 0 radical (unpaired) electrons. The first kappa shape index (κ1) is 16.4. The van der Waals surface area contributed by atoms with Gasteiger partial charge in [-0.2, -0.15) is 4.98 Å². The molecular formula is C17H22N4O3. The van der Waals surface area contributed by atoms with Gasteiger partial charge in [-0.3, -0.25) is 4.79 Å². The fourth-order valence-electron chi connectivity index (χ4n) is 2.85. The number of anilines is 1. The molecule has 1 fully saturated rings. The van der Waals surface area contributed by atoms with Crippen LogP contribution in [0.3, 0.4) is 0 Å². The van der Waals surface area contributed by atoms with Crippen LogP contribution in [0.25, 0.3) is 0 Å². The average Bonchev–Trinajstić information content (AvgIpc) is 2.97. The zero-order valence-corrected chi connectivity index (χ0v) is 14.2. The first-order valence-electron chi connectivity index (χ1n) is 8.09. The maximum atomic E-state index is 12.6. The highest BCUT2D eigenvalue weighted by molar-refractivity contribution is 5.94. The maximum Gasteiger partial charge on any atom is 0.254 e. The van der Waals surface area contributed by atoms with Gasteiger partial charge in [0.25, 0.3) is 5.91 Å². The minimum Gasteiger partial charge on any atom is -0.376 e. The first-order valence-corrected chi connectivity index (χ1v) is 8.09. The van der Waals surface area contributed by atoms with Gasteiger partial charge in [0.2, 0.25) is 5.89 Å². The summed E-state index contributed by atoms with van der Waals surface area (Å²) in [5.74, 6) is 1.18. The van der Waals surface area contributed by atoms with Crippen LogP contribution in [0.1, 0.15) is 35.9 Å². The fourth-order valence-corrected chi connectivity index (χ4v) is 2.85. The van der Waals surface area contributed by atoms with E-state index in [4.69, 9.17) is 9.26 Å². The molecule has 2 atom stereocenters. The molecule has 1 aromatic heterocycles. The fraction of sp³-hybridized carbons (Fsp3) is 0.471. The van der Waals surface area contributed by atoms with Gasteiger partial charge in [0.05, 0.1) is 18.8 Å². The van der Waals surface area contributed by atoms with Crippen LogP contribution in [0.4, 0.5) is 5.69 Å². The van der Waals surface area contributed by atoms with Gasteiger partial charge in [-0.1, -0.05) is 5.16 Å². The summed E-state index contributed by atoms with van der Waals surface area (Å²) in [6.07, 6.45) is 0.132. The minimum absolute atomic E-state index is 0.0380. The van der Waals surface area contributed by atoms with Crippen molar-refractivity contribution in [1.29, 1.82) is 0 Å². The third kappa shape index (κ3) is 3.91. The summed E-state index contributed by atoms with van der Waals surface area (Å²) in [5.41, 5.74) is 1.57. The van der Waals surface area contributed by atoms with Crippen LogP contribution >= 0.6 is 0 Å². The van der Waals surface area contributed by atoms with Gasteiger partial charge >= 0.3 is 0 Å². The molecule has 1 aromatic carbocycles. The number of aryl methyl sites for hydroxylation is 1. The lowest BCUT2D eigenvalue weighted by Gasteiger charge is -2.35. The van der Waals surface area contributed by atoms with Crippen molar-refractivity contribution in [3.8, 4) is 0 Å². The number of hydrogen-bond acceptors (Lipinski definition) is 6. The lowest BCUT2D eigenvalue weighted by atomic mass is 10.1. The lowest BCUT2D eigenvalue weighted by Crippen LogP contribution is -2.48. The van der Waals surface area contributed by atoms with Crippen molar-refractivity contribution in [1.82, 2.24) is 15.0 Å².